The van der Waals surface area contributed by atoms with E-state index >= 15 is 0 Å². The highest BCUT2D eigenvalue weighted by Gasteiger charge is 2.30. The molecule has 1 rings (SSSR count). The van der Waals surface area contributed by atoms with E-state index in [4.69, 9.17) is 4.74 Å². The Balaban J connectivity index is 2.41. The van der Waals surface area contributed by atoms with Crippen LogP contribution in [0.5, 0.6) is 0 Å². The molecule has 0 saturated carbocycles. The number of hydrogen-bond acceptors (Lipinski definition) is 2. The molecule has 1 aliphatic rings. The van der Waals surface area contributed by atoms with Crippen molar-refractivity contribution in [2.45, 2.75) is 26.2 Å². The molecule has 0 N–H and O–H groups in total. The molecule has 0 amide bonds. The Bertz CT molecular complexity index is 139. The molecule has 0 radical (unpaired) electrons. The minimum Gasteiger partial charge on any atom is -0.501 e. The maximum Gasteiger partial charge on any atom is 0.0936 e. The molecule has 12 heavy (non-hydrogen) atoms. The van der Waals surface area contributed by atoms with E-state index in [0.29, 0.717) is 5.41 Å². The smallest absolute Gasteiger partial charge is 0.0936 e. The summed E-state index contributed by atoms with van der Waals surface area (Å²) in [4.78, 5) is 0. The topological polar surface area (TPSA) is 9.23 Å². The molecule has 0 aliphatic carbocycles. The Morgan fingerprint density at radius 1 is 1.67 bits per heavy atom. The molecule has 1 heterocycles. The van der Waals surface area contributed by atoms with Gasteiger partial charge in [-0.2, -0.15) is 11.8 Å². The predicted octanol–water partition coefficient (Wildman–Crippen LogP) is 3.07. The normalized spacial score (nSPS) is 29.8. The van der Waals surface area contributed by atoms with E-state index in [2.05, 4.69) is 25.3 Å². The van der Waals surface area contributed by atoms with E-state index in [1.165, 1.54) is 30.8 Å². The Kier molecular flexibility index (Phi) is 3.99. The number of thioether (sulfide) groups is 1. The average Bonchev–Trinajstić information content (AvgIpc) is 2.16. The zero-order valence-electron chi connectivity index (χ0n) is 7.84. The van der Waals surface area contributed by atoms with Crippen molar-refractivity contribution in [3.63, 3.8) is 0 Å². The minimum atomic E-state index is 0.442. The van der Waals surface area contributed by atoms with Crippen LogP contribution in [0.25, 0.3) is 0 Å². The highest BCUT2D eigenvalue weighted by atomic mass is 32.2. The molecule has 0 aromatic heterocycles. The molecule has 1 aliphatic heterocycles. The fourth-order valence-corrected chi connectivity index (χ4v) is 3.00. The van der Waals surface area contributed by atoms with Gasteiger partial charge in [-0.25, -0.2) is 0 Å². The van der Waals surface area contributed by atoms with E-state index in [1.54, 1.807) is 6.26 Å². The fourth-order valence-electron chi connectivity index (χ4n) is 1.64. The van der Waals surface area contributed by atoms with Crippen molar-refractivity contribution in [1.82, 2.24) is 0 Å². The van der Waals surface area contributed by atoms with Crippen LogP contribution in [0.3, 0.4) is 0 Å². The van der Waals surface area contributed by atoms with Crippen molar-refractivity contribution < 1.29 is 4.74 Å². The number of rotatable bonds is 4. The van der Waals surface area contributed by atoms with Crippen LogP contribution in [0.4, 0.5) is 0 Å². The van der Waals surface area contributed by atoms with Crippen LogP contribution in [0.2, 0.25) is 0 Å². The van der Waals surface area contributed by atoms with Gasteiger partial charge in [0.05, 0.1) is 12.9 Å². The summed E-state index contributed by atoms with van der Waals surface area (Å²) in [5.41, 5.74) is 0.442. The van der Waals surface area contributed by atoms with Crippen molar-refractivity contribution in [1.29, 1.82) is 0 Å². The highest BCUT2D eigenvalue weighted by Crippen LogP contribution is 2.37. The summed E-state index contributed by atoms with van der Waals surface area (Å²) in [5, 5.41) is 0. The monoisotopic (exact) mass is 186 g/mol. The van der Waals surface area contributed by atoms with Crippen LogP contribution in [0.15, 0.2) is 12.8 Å². The summed E-state index contributed by atoms with van der Waals surface area (Å²) in [5.74, 6) is 2.59. The minimum absolute atomic E-state index is 0.442. The quantitative estimate of drug-likeness (QED) is 0.624. The lowest BCUT2D eigenvalue weighted by molar-refractivity contribution is 0.112. The summed E-state index contributed by atoms with van der Waals surface area (Å²) in [6.45, 7) is 6.70. The van der Waals surface area contributed by atoms with Gasteiger partial charge in [-0.15, -0.1) is 0 Å². The van der Waals surface area contributed by atoms with E-state index < -0.39 is 0 Å². The van der Waals surface area contributed by atoms with Gasteiger partial charge >= 0.3 is 0 Å². The molecule has 0 spiro atoms. The third-order valence-corrected chi connectivity index (χ3v) is 4.06. The average molecular weight is 186 g/mol. The van der Waals surface area contributed by atoms with Crippen LogP contribution in [-0.4, -0.2) is 18.1 Å². The molecule has 0 aromatic rings. The first-order valence-corrected chi connectivity index (χ1v) is 5.79. The van der Waals surface area contributed by atoms with Crippen molar-refractivity contribution >= 4 is 11.8 Å². The maximum atomic E-state index is 5.32. The third kappa shape index (κ3) is 2.44. The van der Waals surface area contributed by atoms with Crippen LogP contribution in [0, 0.1) is 5.41 Å². The summed E-state index contributed by atoms with van der Waals surface area (Å²) < 4.78 is 5.32. The lowest BCUT2D eigenvalue weighted by atomic mass is 9.83. The van der Waals surface area contributed by atoms with Crippen molar-refractivity contribution in [2.75, 3.05) is 18.1 Å². The predicted molar refractivity (Wildman–Crippen MR) is 55.4 cm³/mol. The van der Waals surface area contributed by atoms with Crippen molar-refractivity contribution in [2.24, 2.45) is 5.41 Å². The molecular formula is C10H18OS. The molecule has 1 fully saturated rings. The van der Waals surface area contributed by atoms with Crippen LogP contribution in [0.1, 0.15) is 26.2 Å². The second kappa shape index (κ2) is 4.80. The van der Waals surface area contributed by atoms with Crippen LogP contribution < -0.4 is 0 Å². The first kappa shape index (κ1) is 9.97. The lowest BCUT2D eigenvalue weighted by Gasteiger charge is -2.35. The van der Waals surface area contributed by atoms with Gasteiger partial charge in [-0.05, 0) is 25.0 Å². The SMILES string of the molecule is C=COCC1(CC)CCCSC1. The fraction of sp³-hybridized carbons (Fsp3) is 0.800. The molecular weight excluding hydrogens is 168 g/mol. The Morgan fingerprint density at radius 2 is 2.50 bits per heavy atom. The maximum absolute atomic E-state index is 5.32. The molecule has 1 atom stereocenters. The first-order valence-electron chi connectivity index (χ1n) is 4.63. The van der Waals surface area contributed by atoms with Crippen molar-refractivity contribution in [3.05, 3.63) is 12.8 Å². The molecule has 1 unspecified atom stereocenters. The van der Waals surface area contributed by atoms with E-state index in [0.717, 1.165) is 6.61 Å². The number of ether oxygens (including phenoxy) is 1. The summed E-state index contributed by atoms with van der Waals surface area (Å²) in [7, 11) is 0. The second-order valence-corrected chi connectivity index (χ2v) is 4.59. The number of hydrogen-bond donors (Lipinski definition) is 0. The van der Waals surface area contributed by atoms with E-state index in [1.807, 2.05) is 0 Å². The van der Waals surface area contributed by atoms with Gasteiger partial charge in [0.2, 0.25) is 0 Å². The second-order valence-electron chi connectivity index (χ2n) is 3.49. The van der Waals surface area contributed by atoms with E-state index in [9.17, 15) is 0 Å². The zero-order chi connectivity index (χ0) is 8.86. The van der Waals surface area contributed by atoms with Crippen molar-refractivity contribution in [3.8, 4) is 0 Å². The molecule has 0 aromatic carbocycles. The summed E-state index contributed by atoms with van der Waals surface area (Å²) in [6, 6.07) is 0. The largest absolute Gasteiger partial charge is 0.501 e. The van der Waals surface area contributed by atoms with Gasteiger partial charge in [0, 0.05) is 11.2 Å². The summed E-state index contributed by atoms with van der Waals surface area (Å²) >= 11 is 2.06. The molecule has 1 nitrogen and oxygen atoms in total. The van der Waals surface area contributed by atoms with Gasteiger partial charge in [0.1, 0.15) is 0 Å². The Hall–Kier alpha value is -0.110. The highest BCUT2D eigenvalue weighted by molar-refractivity contribution is 7.99. The van der Waals surface area contributed by atoms with Gasteiger partial charge in [-0.1, -0.05) is 13.5 Å². The zero-order valence-corrected chi connectivity index (χ0v) is 8.66. The van der Waals surface area contributed by atoms with Gasteiger partial charge in [0.15, 0.2) is 0 Å². The first-order chi connectivity index (χ1) is 5.83. The van der Waals surface area contributed by atoms with Gasteiger partial charge < -0.3 is 4.74 Å². The Labute approximate surface area is 79.6 Å². The summed E-state index contributed by atoms with van der Waals surface area (Å²) in [6.07, 6.45) is 5.47. The molecule has 70 valence electrons. The lowest BCUT2D eigenvalue weighted by Crippen LogP contribution is -2.31. The third-order valence-electron chi connectivity index (χ3n) is 2.66. The van der Waals surface area contributed by atoms with Gasteiger partial charge in [0.25, 0.3) is 0 Å². The molecule has 2 heteroatoms. The molecule has 0 bridgehead atoms. The van der Waals surface area contributed by atoms with Gasteiger partial charge in [-0.3, -0.25) is 0 Å². The van der Waals surface area contributed by atoms with E-state index in [-0.39, 0.29) is 0 Å². The standard InChI is InChI=1S/C10H18OS/c1-3-10(8-11-4-2)6-5-7-12-9-10/h4H,2-3,5-9H2,1H3. The van der Waals surface area contributed by atoms with Crippen LogP contribution >= 0.6 is 11.8 Å². The molecule has 1 saturated heterocycles. The Morgan fingerprint density at radius 3 is 3.00 bits per heavy atom. The van der Waals surface area contributed by atoms with Crippen LogP contribution in [-0.2, 0) is 4.74 Å².